The van der Waals surface area contributed by atoms with Crippen molar-refractivity contribution in [3.05, 3.63) is 35.5 Å². The van der Waals surface area contributed by atoms with Gasteiger partial charge in [-0.15, -0.1) is 0 Å². The largest absolute Gasteiger partial charge is 0.481 e. The summed E-state index contributed by atoms with van der Waals surface area (Å²) in [5, 5.41) is 18.6. The van der Waals surface area contributed by atoms with Gasteiger partial charge in [0.05, 0.1) is 0 Å². The van der Waals surface area contributed by atoms with E-state index in [1.807, 2.05) is 6.08 Å². The summed E-state index contributed by atoms with van der Waals surface area (Å²) in [6.45, 7) is 17.8. The molecular weight excluding hydrogens is 424 g/mol. The van der Waals surface area contributed by atoms with E-state index in [1.165, 1.54) is 30.4 Å². The summed E-state index contributed by atoms with van der Waals surface area (Å²) in [4.78, 5) is 22.7. The maximum absolute atomic E-state index is 11.5. The van der Waals surface area contributed by atoms with Crippen molar-refractivity contribution in [2.45, 2.75) is 99.3 Å². The van der Waals surface area contributed by atoms with Gasteiger partial charge in [-0.25, -0.2) is 4.79 Å². The number of fused-ring (bicyclic) bond motifs is 3. The number of hydrogen-bond donors (Lipinski definition) is 2. The Kier molecular flexibility index (Phi) is 7.60. The minimum atomic E-state index is -0.825. The molecule has 3 aliphatic rings. The minimum Gasteiger partial charge on any atom is -0.481 e. The fourth-order valence-electron chi connectivity index (χ4n) is 8.44. The summed E-state index contributed by atoms with van der Waals surface area (Å²) in [5.41, 5.74) is 3.45. The first-order chi connectivity index (χ1) is 15.8. The summed E-state index contributed by atoms with van der Waals surface area (Å²) < 4.78 is 0. The molecule has 34 heavy (non-hydrogen) atoms. The second-order valence-corrected chi connectivity index (χ2v) is 12.4. The predicted molar refractivity (Wildman–Crippen MR) is 137 cm³/mol. The van der Waals surface area contributed by atoms with Gasteiger partial charge in [-0.3, -0.25) is 4.79 Å². The van der Waals surface area contributed by atoms with Gasteiger partial charge < -0.3 is 10.2 Å². The molecule has 0 radical (unpaired) electrons. The van der Waals surface area contributed by atoms with Gasteiger partial charge in [0.2, 0.25) is 0 Å². The topological polar surface area (TPSA) is 74.6 Å². The molecule has 3 rings (SSSR count). The SMILES string of the molecule is C=C(C)C1CCC2C(=CCC3(C)C(C(C)CC/C=C(/C)C(=O)O)CCC23C)C1(C)CCC(=O)O. The molecule has 7 atom stereocenters. The van der Waals surface area contributed by atoms with Crippen molar-refractivity contribution in [2.24, 2.45) is 39.9 Å². The van der Waals surface area contributed by atoms with Gasteiger partial charge in [-0.1, -0.05) is 57.6 Å². The van der Waals surface area contributed by atoms with Crippen LogP contribution in [0, 0.1) is 39.9 Å². The third-order valence-corrected chi connectivity index (χ3v) is 10.7. The Morgan fingerprint density at radius 1 is 1.15 bits per heavy atom. The van der Waals surface area contributed by atoms with Gasteiger partial charge in [-0.2, -0.15) is 0 Å². The van der Waals surface area contributed by atoms with E-state index in [4.69, 9.17) is 5.11 Å². The van der Waals surface area contributed by atoms with E-state index >= 15 is 0 Å². The summed E-state index contributed by atoms with van der Waals surface area (Å²) in [7, 11) is 0. The van der Waals surface area contributed by atoms with Crippen LogP contribution in [0.15, 0.2) is 35.5 Å². The lowest BCUT2D eigenvalue weighted by Crippen LogP contribution is -2.52. The average Bonchev–Trinajstić information content (AvgIpc) is 3.03. The van der Waals surface area contributed by atoms with Gasteiger partial charge in [0.15, 0.2) is 0 Å². The van der Waals surface area contributed by atoms with Gasteiger partial charge in [0, 0.05) is 12.0 Å². The van der Waals surface area contributed by atoms with Gasteiger partial charge in [0.25, 0.3) is 0 Å². The number of carbonyl (C=O) groups is 2. The molecule has 0 amide bonds. The van der Waals surface area contributed by atoms with Crippen LogP contribution >= 0.6 is 0 Å². The fourth-order valence-corrected chi connectivity index (χ4v) is 8.44. The van der Waals surface area contributed by atoms with Crippen LogP contribution in [0.5, 0.6) is 0 Å². The van der Waals surface area contributed by atoms with E-state index in [-0.39, 0.29) is 22.7 Å². The molecule has 7 unspecified atom stereocenters. The van der Waals surface area contributed by atoms with E-state index in [2.05, 4.69) is 47.3 Å². The van der Waals surface area contributed by atoms with Crippen LogP contribution in [-0.2, 0) is 9.59 Å². The number of allylic oxidation sites excluding steroid dienone is 4. The molecule has 4 heteroatoms. The van der Waals surface area contributed by atoms with Crippen LogP contribution in [-0.4, -0.2) is 22.2 Å². The second-order valence-electron chi connectivity index (χ2n) is 12.4. The molecule has 0 aromatic heterocycles. The van der Waals surface area contributed by atoms with Crippen LogP contribution < -0.4 is 0 Å². The molecular formula is C30H46O4. The third-order valence-electron chi connectivity index (χ3n) is 10.7. The molecule has 190 valence electrons. The Morgan fingerprint density at radius 3 is 2.41 bits per heavy atom. The van der Waals surface area contributed by atoms with Gasteiger partial charge >= 0.3 is 11.9 Å². The van der Waals surface area contributed by atoms with E-state index in [1.54, 1.807) is 6.92 Å². The van der Waals surface area contributed by atoms with E-state index < -0.39 is 11.9 Å². The summed E-state index contributed by atoms with van der Waals surface area (Å²) >= 11 is 0. The Balaban J connectivity index is 1.89. The van der Waals surface area contributed by atoms with E-state index in [9.17, 15) is 14.7 Å². The standard InChI is InChI=1S/C30H46O4/c1-19(2)22-11-12-25-24(28(22,5)16-15-26(31)32)14-18-29(6)23(13-17-30(25,29)7)20(3)9-8-10-21(4)27(33)34/h10,14,20,22-23,25H,1,8-9,11-13,15-18H2,2-7H3,(H,31,32)(H,33,34)/b21-10-. The Hall–Kier alpha value is -1.84. The lowest BCUT2D eigenvalue weighted by atomic mass is 9.44. The highest BCUT2D eigenvalue weighted by atomic mass is 16.4. The van der Waals surface area contributed by atoms with Gasteiger partial charge in [0.1, 0.15) is 0 Å². The predicted octanol–water partition coefficient (Wildman–Crippen LogP) is 7.66. The zero-order chi connectivity index (χ0) is 25.5. The van der Waals surface area contributed by atoms with Crippen molar-refractivity contribution < 1.29 is 19.8 Å². The number of carboxylic acid groups (broad SMARTS) is 2. The molecule has 0 spiro atoms. The molecule has 4 nitrogen and oxygen atoms in total. The van der Waals surface area contributed by atoms with Crippen molar-refractivity contribution in [3.8, 4) is 0 Å². The Bertz CT molecular complexity index is 897. The minimum absolute atomic E-state index is 0.125. The fraction of sp³-hybridized carbons (Fsp3) is 0.733. The zero-order valence-electron chi connectivity index (χ0n) is 22.2. The lowest BCUT2D eigenvalue weighted by Gasteiger charge is -2.60. The Morgan fingerprint density at radius 2 is 1.82 bits per heavy atom. The van der Waals surface area contributed by atoms with Crippen LogP contribution in [0.2, 0.25) is 0 Å². The van der Waals surface area contributed by atoms with Crippen molar-refractivity contribution in [2.75, 3.05) is 0 Å². The molecule has 3 aliphatic carbocycles. The van der Waals surface area contributed by atoms with Crippen molar-refractivity contribution in [3.63, 3.8) is 0 Å². The molecule has 0 saturated heterocycles. The van der Waals surface area contributed by atoms with Crippen LogP contribution in [0.25, 0.3) is 0 Å². The quantitative estimate of drug-likeness (QED) is 0.268. The Labute approximate surface area is 206 Å². The monoisotopic (exact) mass is 470 g/mol. The number of carboxylic acids is 2. The summed E-state index contributed by atoms with van der Waals surface area (Å²) in [6.07, 6.45) is 12.9. The smallest absolute Gasteiger partial charge is 0.330 e. The van der Waals surface area contributed by atoms with E-state index in [0.717, 1.165) is 25.7 Å². The molecule has 0 aliphatic heterocycles. The van der Waals surface area contributed by atoms with Gasteiger partial charge in [-0.05, 0) is 105 Å². The van der Waals surface area contributed by atoms with Crippen LogP contribution in [0.1, 0.15) is 99.3 Å². The average molecular weight is 471 g/mol. The lowest BCUT2D eigenvalue weighted by molar-refractivity contribution is -0.138. The van der Waals surface area contributed by atoms with Crippen LogP contribution in [0.4, 0.5) is 0 Å². The molecule has 2 fully saturated rings. The van der Waals surface area contributed by atoms with Crippen molar-refractivity contribution in [1.29, 1.82) is 0 Å². The molecule has 2 N–H and O–H groups in total. The number of hydrogen-bond acceptors (Lipinski definition) is 2. The molecule has 0 heterocycles. The molecule has 0 aromatic carbocycles. The normalized spacial score (nSPS) is 38.5. The summed E-state index contributed by atoms with van der Waals surface area (Å²) in [6, 6.07) is 0. The van der Waals surface area contributed by atoms with Crippen LogP contribution in [0.3, 0.4) is 0 Å². The molecule has 0 aromatic rings. The van der Waals surface area contributed by atoms with Crippen molar-refractivity contribution in [1.82, 2.24) is 0 Å². The first-order valence-electron chi connectivity index (χ1n) is 13.3. The first-order valence-corrected chi connectivity index (χ1v) is 13.3. The van der Waals surface area contributed by atoms with Crippen molar-refractivity contribution >= 4 is 11.9 Å². The highest BCUT2D eigenvalue weighted by molar-refractivity contribution is 5.85. The number of aliphatic carboxylic acids is 2. The summed E-state index contributed by atoms with van der Waals surface area (Å²) in [5.74, 6) is 0.491. The maximum atomic E-state index is 11.5. The zero-order valence-corrected chi connectivity index (χ0v) is 22.2. The third kappa shape index (κ3) is 4.42. The molecule has 2 saturated carbocycles. The second kappa shape index (κ2) is 9.66. The highest BCUT2D eigenvalue weighted by Gasteiger charge is 2.63. The maximum Gasteiger partial charge on any atom is 0.330 e. The highest BCUT2D eigenvalue weighted by Crippen LogP contribution is 2.71. The first kappa shape index (κ1) is 26.8. The number of rotatable bonds is 9. The van der Waals surface area contributed by atoms with E-state index in [0.29, 0.717) is 35.7 Å². The molecule has 0 bridgehead atoms.